The Kier molecular flexibility index (Phi) is 3.71. The first-order chi connectivity index (χ1) is 9.00. The fourth-order valence-electron chi connectivity index (χ4n) is 2.15. The molecule has 0 amide bonds. The molecule has 0 saturated carbocycles. The number of carboxylic acid groups (broad SMARTS) is 1. The minimum atomic E-state index is -0.941. The molecule has 0 fully saturated rings. The summed E-state index contributed by atoms with van der Waals surface area (Å²) in [5.41, 5.74) is 1.19. The summed E-state index contributed by atoms with van der Waals surface area (Å²) in [7, 11) is 1.73. The van der Waals surface area contributed by atoms with Gasteiger partial charge in [0.25, 0.3) is 0 Å². The van der Waals surface area contributed by atoms with Crippen molar-refractivity contribution >= 4 is 5.97 Å². The van der Waals surface area contributed by atoms with E-state index in [2.05, 4.69) is 5.16 Å². The Bertz CT molecular complexity index is 540. The molecular weight excluding hydrogens is 248 g/mol. The fourth-order valence-corrected chi connectivity index (χ4v) is 2.15. The number of carbonyl (C=O) groups is 1. The quantitative estimate of drug-likeness (QED) is 0.891. The van der Waals surface area contributed by atoms with Crippen LogP contribution in [0.5, 0.6) is 0 Å². The predicted molar refractivity (Wildman–Crippen MR) is 66.5 cm³/mol. The van der Waals surface area contributed by atoms with Gasteiger partial charge < -0.3 is 14.0 Å². The maximum absolute atomic E-state index is 11.5. The molecule has 0 radical (unpaired) electrons. The molecule has 6 heteroatoms. The van der Waals surface area contributed by atoms with Crippen molar-refractivity contribution in [2.45, 2.75) is 26.4 Å². The molecule has 2 heterocycles. The molecule has 19 heavy (non-hydrogen) atoms. The Morgan fingerprint density at radius 3 is 2.74 bits per heavy atom. The molecule has 0 aliphatic rings. The minimum absolute atomic E-state index is 0.397. The van der Waals surface area contributed by atoms with Crippen molar-refractivity contribution in [1.82, 2.24) is 10.1 Å². The van der Waals surface area contributed by atoms with Crippen LogP contribution in [0.4, 0.5) is 0 Å². The highest BCUT2D eigenvalue weighted by atomic mass is 16.5. The molecule has 0 spiro atoms. The largest absolute Gasteiger partial charge is 0.480 e. The summed E-state index contributed by atoms with van der Waals surface area (Å²) in [6.45, 7) is 3.85. The maximum Gasteiger partial charge on any atom is 0.325 e. The molecule has 0 aliphatic heterocycles. The van der Waals surface area contributed by atoms with E-state index in [0.29, 0.717) is 29.3 Å². The SMILES string of the molecule is Cc1noc(C)c1C(C(=O)O)N(C)Cc1ccco1. The number of nitrogens with zero attached hydrogens (tertiary/aromatic N) is 2. The number of hydrogen-bond acceptors (Lipinski definition) is 5. The van der Waals surface area contributed by atoms with Gasteiger partial charge in [-0.05, 0) is 33.0 Å². The number of likely N-dealkylation sites (N-methyl/N-ethyl adjacent to an activating group) is 1. The second kappa shape index (κ2) is 5.27. The Morgan fingerprint density at radius 1 is 1.53 bits per heavy atom. The van der Waals surface area contributed by atoms with Gasteiger partial charge in [-0.25, -0.2) is 0 Å². The van der Waals surface area contributed by atoms with Gasteiger partial charge in [0.15, 0.2) is 0 Å². The molecule has 0 saturated heterocycles. The highest BCUT2D eigenvalue weighted by Crippen LogP contribution is 2.27. The van der Waals surface area contributed by atoms with Crippen molar-refractivity contribution in [2.24, 2.45) is 0 Å². The number of rotatable bonds is 5. The number of carboxylic acids is 1. The van der Waals surface area contributed by atoms with Gasteiger partial charge in [0, 0.05) is 5.56 Å². The van der Waals surface area contributed by atoms with Gasteiger partial charge in [0.1, 0.15) is 17.6 Å². The average Bonchev–Trinajstić information content (AvgIpc) is 2.93. The van der Waals surface area contributed by atoms with Crippen LogP contribution in [0.25, 0.3) is 0 Å². The van der Waals surface area contributed by atoms with Gasteiger partial charge >= 0.3 is 5.97 Å². The van der Waals surface area contributed by atoms with Gasteiger partial charge in [-0.2, -0.15) is 0 Å². The van der Waals surface area contributed by atoms with Gasteiger partial charge in [-0.1, -0.05) is 5.16 Å². The Hall–Kier alpha value is -2.08. The molecule has 0 aromatic carbocycles. The highest BCUT2D eigenvalue weighted by molar-refractivity contribution is 5.76. The van der Waals surface area contributed by atoms with Crippen LogP contribution in [0.1, 0.15) is 28.8 Å². The van der Waals surface area contributed by atoms with Crippen molar-refractivity contribution in [2.75, 3.05) is 7.05 Å². The van der Waals surface area contributed by atoms with Gasteiger partial charge in [0.05, 0.1) is 18.5 Å². The number of aromatic nitrogens is 1. The second-order valence-electron chi connectivity index (χ2n) is 4.47. The molecule has 102 valence electrons. The standard InChI is InChI=1S/C13H16N2O4/c1-8-11(9(2)19-14-8)12(13(16)17)15(3)7-10-5-4-6-18-10/h4-6,12H,7H2,1-3H3,(H,16,17). The van der Waals surface area contributed by atoms with E-state index in [9.17, 15) is 9.90 Å². The number of aliphatic carboxylic acids is 1. The summed E-state index contributed by atoms with van der Waals surface area (Å²) >= 11 is 0. The van der Waals surface area contributed by atoms with E-state index >= 15 is 0 Å². The minimum Gasteiger partial charge on any atom is -0.480 e. The lowest BCUT2D eigenvalue weighted by Crippen LogP contribution is -2.31. The number of aryl methyl sites for hydroxylation is 2. The van der Waals surface area contributed by atoms with Crippen LogP contribution in [-0.2, 0) is 11.3 Å². The van der Waals surface area contributed by atoms with Crippen molar-refractivity contribution in [3.05, 3.63) is 41.2 Å². The maximum atomic E-state index is 11.5. The topological polar surface area (TPSA) is 79.7 Å². The molecule has 2 rings (SSSR count). The first kappa shape index (κ1) is 13.4. The van der Waals surface area contributed by atoms with Crippen LogP contribution in [0, 0.1) is 13.8 Å². The van der Waals surface area contributed by atoms with Crippen LogP contribution in [0.2, 0.25) is 0 Å². The zero-order chi connectivity index (χ0) is 14.0. The normalized spacial score (nSPS) is 12.8. The highest BCUT2D eigenvalue weighted by Gasteiger charge is 2.31. The monoisotopic (exact) mass is 264 g/mol. The van der Waals surface area contributed by atoms with Crippen LogP contribution in [-0.4, -0.2) is 28.2 Å². The predicted octanol–water partition coefficient (Wildman–Crippen LogP) is 2.14. The van der Waals surface area contributed by atoms with Gasteiger partial charge in [-0.3, -0.25) is 9.69 Å². The Balaban J connectivity index is 2.28. The van der Waals surface area contributed by atoms with E-state index in [-0.39, 0.29) is 0 Å². The van der Waals surface area contributed by atoms with E-state index in [4.69, 9.17) is 8.94 Å². The number of furan rings is 1. The molecule has 0 aliphatic carbocycles. The van der Waals surface area contributed by atoms with E-state index in [1.165, 1.54) is 0 Å². The first-order valence-electron chi connectivity index (χ1n) is 5.89. The van der Waals surface area contributed by atoms with Crippen molar-refractivity contribution in [3.8, 4) is 0 Å². The summed E-state index contributed by atoms with van der Waals surface area (Å²) < 4.78 is 10.3. The molecular formula is C13H16N2O4. The van der Waals surface area contributed by atoms with Gasteiger partial charge in [0.2, 0.25) is 0 Å². The van der Waals surface area contributed by atoms with E-state index in [1.54, 1.807) is 38.1 Å². The molecule has 2 aromatic heterocycles. The van der Waals surface area contributed by atoms with Crippen molar-refractivity contribution in [1.29, 1.82) is 0 Å². The van der Waals surface area contributed by atoms with Crippen LogP contribution >= 0.6 is 0 Å². The molecule has 1 atom stereocenters. The van der Waals surface area contributed by atoms with Crippen LogP contribution in [0.15, 0.2) is 27.3 Å². The molecule has 1 N–H and O–H groups in total. The lowest BCUT2D eigenvalue weighted by molar-refractivity contribution is -0.143. The summed E-state index contributed by atoms with van der Waals surface area (Å²) in [5, 5.41) is 13.3. The smallest absolute Gasteiger partial charge is 0.325 e. The summed E-state index contributed by atoms with van der Waals surface area (Å²) in [5.74, 6) is 0.292. The lowest BCUT2D eigenvalue weighted by Gasteiger charge is -2.23. The van der Waals surface area contributed by atoms with Crippen LogP contribution in [0.3, 0.4) is 0 Å². The zero-order valence-electron chi connectivity index (χ0n) is 11.1. The van der Waals surface area contributed by atoms with Gasteiger partial charge in [-0.15, -0.1) is 0 Å². The molecule has 1 unspecified atom stereocenters. The van der Waals surface area contributed by atoms with Crippen LogP contribution < -0.4 is 0 Å². The third-order valence-corrected chi connectivity index (χ3v) is 3.02. The summed E-state index contributed by atoms with van der Waals surface area (Å²) in [4.78, 5) is 13.2. The first-order valence-corrected chi connectivity index (χ1v) is 5.89. The Morgan fingerprint density at radius 2 is 2.26 bits per heavy atom. The van der Waals surface area contributed by atoms with E-state index in [1.807, 2.05) is 6.07 Å². The van der Waals surface area contributed by atoms with Crippen molar-refractivity contribution in [3.63, 3.8) is 0 Å². The Labute approximate surface area is 110 Å². The molecule has 0 bridgehead atoms. The molecule has 6 nitrogen and oxygen atoms in total. The second-order valence-corrected chi connectivity index (χ2v) is 4.47. The van der Waals surface area contributed by atoms with E-state index in [0.717, 1.165) is 0 Å². The van der Waals surface area contributed by atoms with Crippen molar-refractivity contribution < 1.29 is 18.8 Å². The molecule has 2 aromatic rings. The lowest BCUT2D eigenvalue weighted by atomic mass is 10.0. The zero-order valence-corrected chi connectivity index (χ0v) is 11.1. The van der Waals surface area contributed by atoms with E-state index < -0.39 is 12.0 Å². The average molecular weight is 264 g/mol. The third-order valence-electron chi connectivity index (χ3n) is 3.02. The third kappa shape index (κ3) is 2.68. The number of hydrogen-bond donors (Lipinski definition) is 1. The summed E-state index contributed by atoms with van der Waals surface area (Å²) in [6, 6.07) is 2.77. The fraction of sp³-hybridized carbons (Fsp3) is 0.385. The summed E-state index contributed by atoms with van der Waals surface area (Å²) in [6.07, 6.45) is 1.56.